The zero-order valence-corrected chi connectivity index (χ0v) is 13.9. The highest BCUT2D eigenvalue weighted by Gasteiger charge is 2.38. The molecule has 0 radical (unpaired) electrons. The van der Waals surface area contributed by atoms with Crippen LogP contribution in [-0.2, 0) is 6.54 Å². The first kappa shape index (κ1) is 15.7. The van der Waals surface area contributed by atoms with Gasteiger partial charge in [-0.1, -0.05) is 0 Å². The summed E-state index contributed by atoms with van der Waals surface area (Å²) in [6.45, 7) is 7.92. The van der Waals surface area contributed by atoms with Gasteiger partial charge >= 0.3 is 0 Å². The van der Waals surface area contributed by atoms with E-state index in [4.69, 9.17) is 0 Å². The number of nitrogens with zero attached hydrogens (tertiary/aromatic N) is 3. The number of aryl methyl sites for hydroxylation is 1. The summed E-state index contributed by atoms with van der Waals surface area (Å²) < 4.78 is 0. The molecular weight excluding hydrogens is 298 g/mol. The van der Waals surface area contributed by atoms with Crippen LogP contribution in [0.5, 0.6) is 0 Å². The number of H-pyrrole nitrogens is 1. The summed E-state index contributed by atoms with van der Waals surface area (Å²) in [4.78, 5) is 7.07. The second kappa shape index (κ2) is 6.14. The number of fused-ring (bicyclic) bond motifs is 1. The lowest BCUT2D eigenvalue weighted by Crippen LogP contribution is -2.38. The number of pyridine rings is 1. The lowest BCUT2D eigenvalue weighted by Gasteiger charge is -2.33. The van der Waals surface area contributed by atoms with E-state index < -0.39 is 0 Å². The Labute approximate surface area is 137 Å². The molecule has 2 saturated heterocycles. The predicted molar refractivity (Wildman–Crippen MR) is 90.3 cm³/mol. The largest absolute Gasteiger partial charge is 0.317 e. The average molecular weight is 322 g/mol. The zero-order valence-electron chi connectivity index (χ0n) is 13.1. The van der Waals surface area contributed by atoms with Crippen molar-refractivity contribution >= 4 is 23.4 Å². The van der Waals surface area contributed by atoms with Gasteiger partial charge < -0.3 is 5.32 Å². The van der Waals surface area contributed by atoms with E-state index in [0.717, 1.165) is 23.3 Å². The van der Waals surface area contributed by atoms with Gasteiger partial charge in [0.05, 0.1) is 0 Å². The first-order valence-electron chi connectivity index (χ1n) is 7.97. The van der Waals surface area contributed by atoms with E-state index in [0.29, 0.717) is 5.41 Å². The molecule has 120 valence electrons. The second-order valence-electron chi connectivity index (χ2n) is 6.77. The normalized spacial score (nSPS) is 21.3. The van der Waals surface area contributed by atoms with E-state index in [-0.39, 0.29) is 12.4 Å². The lowest BCUT2D eigenvalue weighted by atomic mass is 9.78. The molecule has 0 atom stereocenters. The Balaban J connectivity index is 0.00000144. The van der Waals surface area contributed by atoms with Crippen LogP contribution < -0.4 is 5.32 Å². The highest BCUT2D eigenvalue weighted by Crippen LogP contribution is 2.39. The molecule has 2 aromatic heterocycles. The lowest BCUT2D eigenvalue weighted by molar-refractivity contribution is 0.194. The Morgan fingerprint density at radius 1 is 1.27 bits per heavy atom. The van der Waals surface area contributed by atoms with Crippen molar-refractivity contribution in [2.75, 3.05) is 26.2 Å². The maximum absolute atomic E-state index is 4.47. The van der Waals surface area contributed by atoms with E-state index in [9.17, 15) is 0 Å². The molecule has 0 aromatic carbocycles. The van der Waals surface area contributed by atoms with Crippen LogP contribution in [0, 0.1) is 12.3 Å². The maximum Gasteiger partial charge on any atom is 0.181 e. The fourth-order valence-electron chi connectivity index (χ4n) is 3.94. The van der Waals surface area contributed by atoms with E-state index in [2.05, 4.69) is 38.4 Å². The number of halogens is 1. The van der Waals surface area contributed by atoms with Crippen LogP contribution in [-0.4, -0.2) is 46.3 Å². The molecule has 0 saturated carbocycles. The topological polar surface area (TPSA) is 56.8 Å². The van der Waals surface area contributed by atoms with Gasteiger partial charge in [0.2, 0.25) is 0 Å². The maximum atomic E-state index is 4.47. The molecule has 2 aliphatic heterocycles. The Bertz CT molecular complexity index is 647. The van der Waals surface area contributed by atoms with Crippen molar-refractivity contribution in [1.82, 2.24) is 25.4 Å². The van der Waals surface area contributed by atoms with Crippen LogP contribution in [0.15, 0.2) is 12.3 Å². The van der Waals surface area contributed by atoms with Gasteiger partial charge in [-0.15, -0.1) is 12.4 Å². The third-order valence-electron chi connectivity index (χ3n) is 5.24. The standard InChI is InChI=1S/C16H23N5.ClH/c1-12-14-8-13(9-18-15(14)20-19-12)10-21-7-4-16(11-21)2-5-17-6-3-16;/h8-9,17H,2-7,10-11H2,1H3,(H,18,19,20);1H. The molecule has 2 aliphatic rings. The molecule has 4 heterocycles. The number of hydrogen-bond acceptors (Lipinski definition) is 4. The zero-order chi connectivity index (χ0) is 14.3. The van der Waals surface area contributed by atoms with Crippen LogP contribution in [0.2, 0.25) is 0 Å². The Kier molecular flexibility index (Phi) is 4.39. The number of nitrogens with one attached hydrogen (secondary N) is 2. The van der Waals surface area contributed by atoms with E-state index in [1.54, 1.807) is 0 Å². The van der Waals surface area contributed by atoms with Gasteiger partial charge in [-0.25, -0.2) is 4.98 Å². The van der Waals surface area contributed by atoms with Gasteiger partial charge in [0.25, 0.3) is 0 Å². The van der Waals surface area contributed by atoms with Gasteiger partial charge in [-0.05, 0) is 62.9 Å². The summed E-state index contributed by atoms with van der Waals surface area (Å²) in [6.07, 6.45) is 6.01. The Morgan fingerprint density at radius 2 is 2.09 bits per heavy atom. The van der Waals surface area contributed by atoms with Crippen molar-refractivity contribution in [3.05, 3.63) is 23.5 Å². The number of rotatable bonds is 2. The molecule has 6 heteroatoms. The van der Waals surface area contributed by atoms with Crippen LogP contribution in [0.4, 0.5) is 0 Å². The number of hydrogen-bond donors (Lipinski definition) is 2. The summed E-state index contributed by atoms with van der Waals surface area (Å²) in [5.74, 6) is 0. The first-order valence-corrected chi connectivity index (χ1v) is 7.97. The van der Waals surface area contributed by atoms with Crippen LogP contribution in [0.1, 0.15) is 30.5 Å². The summed E-state index contributed by atoms with van der Waals surface area (Å²) in [7, 11) is 0. The third kappa shape index (κ3) is 2.85. The molecule has 5 nitrogen and oxygen atoms in total. The average Bonchev–Trinajstić information content (AvgIpc) is 3.05. The second-order valence-corrected chi connectivity index (χ2v) is 6.77. The van der Waals surface area contributed by atoms with Gasteiger partial charge in [0, 0.05) is 30.4 Å². The molecule has 2 N–H and O–H groups in total. The smallest absolute Gasteiger partial charge is 0.181 e. The van der Waals surface area contributed by atoms with Gasteiger partial charge in [-0.2, -0.15) is 5.10 Å². The number of piperidine rings is 1. The van der Waals surface area contributed by atoms with E-state index in [1.165, 1.54) is 51.0 Å². The quantitative estimate of drug-likeness (QED) is 0.891. The van der Waals surface area contributed by atoms with E-state index in [1.807, 2.05) is 6.20 Å². The van der Waals surface area contributed by atoms with Crippen LogP contribution in [0.3, 0.4) is 0 Å². The van der Waals surface area contributed by atoms with Crippen LogP contribution >= 0.6 is 12.4 Å². The summed E-state index contributed by atoms with van der Waals surface area (Å²) >= 11 is 0. The Hall–Kier alpha value is -1.17. The van der Waals surface area contributed by atoms with Crippen molar-refractivity contribution in [3.8, 4) is 0 Å². The van der Waals surface area contributed by atoms with Crippen molar-refractivity contribution in [2.45, 2.75) is 32.7 Å². The number of likely N-dealkylation sites (tertiary alicyclic amines) is 1. The fraction of sp³-hybridized carbons (Fsp3) is 0.625. The Morgan fingerprint density at radius 3 is 2.91 bits per heavy atom. The monoisotopic (exact) mass is 321 g/mol. The summed E-state index contributed by atoms with van der Waals surface area (Å²) in [5.41, 5.74) is 3.81. The van der Waals surface area contributed by atoms with Crippen LogP contribution in [0.25, 0.3) is 11.0 Å². The molecule has 4 rings (SSSR count). The molecule has 2 aromatic rings. The van der Waals surface area contributed by atoms with Crippen molar-refractivity contribution < 1.29 is 0 Å². The third-order valence-corrected chi connectivity index (χ3v) is 5.24. The number of aromatic nitrogens is 3. The first-order chi connectivity index (χ1) is 10.2. The highest BCUT2D eigenvalue weighted by molar-refractivity contribution is 5.85. The minimum Gasteiger partial charge on any atom is -0.317 e. The molecule has 2 fully saturated rings. The fourth-order valence-corrected chi connectivity index (χ4v) is 3.94. The minimum absolute atomic E-state index is 0. The molecular formula is C16H24ClN5. The van der Waals surface area contributed by atoms with Crippen molar-refractivity contribution in [2.24, 2.45) is 5.41 Å². The molecule has 22 heavy (non-hydrogen) atoms. The number of aromatic amines is 1. The predicted octanol–water partition coefficient (Wildman–Crippen LogP) is 2.26. The van der Waals surface area contributed by atoms with Crippen molar-refractivity contribution in [1.29, 1.82) is 0 Å². The van der Waals surface area contributed by atoms with Gasteiger partial charge in [-0.3, -0.25) is 10.00 Å². The molecule has 0 unspecified atom stereocenters. The van der Waals surface area contributed by atoms with E-state index >= 15 is 0 Å². The van der Waals surface area contributed by atoms with Gasteiger partial charge in [0.1, 0.15) is 0 Å². The SMILES string of the molecule is Cc1[nH]nc2ncc(CN3CCC4(CCNCC4)C3)cc12.Cl. The molecule has 1 spiro atoms. The molecule has 0 bridgehead atoms. The summed E-state index contributed by atoms with van der Waals surface area (Å²) in [5, 5.41) is 11.9. The van der Waals surface area contributed by atoms with Gasteiger partial charge in [0.15, 0.2) is 5.65 Å². The van der Waals surface area contributed by atoms with Crippen molar-refractivity contribution in [3.63, 3.8) is 0 Å². The molecule has 0 aliphatic carbocycles. The molecule has 0 amide bonds. The summed E-state index contributed by atoms with van der Waals surface area (Å²) in [6, 6.07) is 2.24. The highest BCUT2D eigenvalue weighted by atomic mass is 35.5. The minimum atomic E-state index is 0.